The summed E-state index contributed by atoms with van der Waals surface area (Å²) in [5, 5.41) is 4.80. The highest BCUT2D eigenvalue weighted by atomic mass is 32.2. The molecule has 25 heavy (non-hydrogen) atoms. The van der Waals surface area contributed by atoms with Crippen LogP contribution < -0.4 is 0 Å². The van der Waals surface area contributed by atoms with Crippen LogP contribution >= 0.6 is 0 Å². The van der Waals surface area contributed by atoms with Crippen molar-refractivity contribution in [3.63, 3.8) is 0 Å². The Morgan fingerprint density at radius 3 is 2.32 bits per heavy atom. The van der Waals surface area contributed by atoms with Crippen molar-refractivity contribution >= 4 is 21.4 Å². The van der Waals surface area contributed by atoms with Crippen LogP contribution in [-0.4, -0.2) is 47.3 Å². The van der Waals surface area contributed by atoms with E-state index in [1.165, 1.54) is 10.9 Å². The molecule has 0 aliphatic carbocycles. The SMILES string of the molecule is C.CC1=CC(C)=C(c2nn(C)c(S(C)(=O)=O)c2C)N2CC(C)(C)N=C12. The second kappa shape index (κ2) is 5.83. The fourth-order valence-corrected chi connectivity index (χ4v) is 4.85. The minimum absolute atomic E-state index is 0. The van der Waals surface area contributed by atoms with E-state index in [-0.39, 0.29) is 18.0 Å². The lowest BCUT2D eigenvalue weighted by molar-refractivity contribution is 0.459. The zero-order valence-electron chi connectivity index (χ0n) is 15.3. The van der Waals surface area contributed by atoms with Crippen molar-refractivity contribution in [3.05, 3.63) is 28.5 Å². The molecule has 0 atom stereocenters. The number of hydrogen-bond donors (Lipinski definition) is 0. The zero-order chi connectivity index (χ0) is 18.0. The summed E-state index contributed by atoms with van der Waals surface area (Å²) in [6.07, 6.45) is 3.32. The summed E-state index contributed by atoms with van der Waals surface area (Å²) in [6.45, 7) is 10.9. The number of sulfone groups is 1. The molecule has 7 heteroatoms. The highest BCUT2D eigenvalue weighted by Gasteiger charge is 2.38. The summed E-state index contributed by atoms with van der Waals surface area (Å²) in [5.41, 5.74) is 4.37. The maximum Gasteiger partial charge on any atom is 0.192 e. The van der Waals surface area contributed by atoms with Gasteiger partial charge in [-0.15, -0.1) is 0 Å². The number of nitrogens with zero attached hydrogens (tertiary/aromatic N) is 4. The van der Waals surface area contributed by atoms with Crippen LogP contribution in [0.3, 0.4) is 0 Å². The Hall–Kier alpha value is -1.89. The van der Waals surface area contributed by atoms with E-state index in [9.17, 15) is 8.42 Å². The molecule has 0 N–H and O–H groups in total. The fraction of sp³-hybridized carbons (Fsp3) is 0.556. The van der Waals surface area contributed by atoms with Gasteiger partial charge in [-0.25, -0.2) is 8.42 Å². The third kappa shape index (κ3) is 3.05. The number of aliphatic imine (C=N–C) groups is 1. The average molecular weight is 365 g/mol. The molecular weight excluding hydrogens is 336 g/mol. The van der Waals surface area contributed by atoms with Gasteiger partial charge in [-0.3, -0.25) is 9.67 Å². The Kier molecular flexibility index (Phi) is 4.53. The number of rotatable bonds is 2. The number of aromatic nitrogens is 2. The van der Waals surface area contributed by atoms with Gasteiger partial charge in [-0.1, -0.05) is 13.5 Å². The van der Waals surface area contributed by atoms with Crippen molar-refractivity contribution in [1.82, 2.24) is 14.7 Å². The summed E-state index contributed by atoms with van der Waals surface area (Å²) in [5.74, 6) is 0.951. The Bertz CT molecular complexity index is 931. The first-order chi connectivity index (χ1) is 10.9. The number of allylic oxidation sites excluding steroid dienone is 2. The lowest BCUT2D eigenvalue weighted by atomic mass is 10.00. The third-order valence-corrected chi connectivity index (χ3v) is 5.71. The Morgan fingerprint density at radius 1 is 1.20 bits per heavy atom. The van der Waals surface area contributed by atoms with E-state index < -0.39 is 9.84 Å². The lowest BCUT2D eigenvalue weighted by Crippen LogP contribution is -2.34. The lowest BCUT2D eigenvalue weighted by Gasteiger charge is -2.29. The number of aryl methyl sites for hydroxylation is 1. The topological polar surface area (TPSA) is 67.6 Å². The quantitative estimate of drug-likeness (QED) is 0.809. The van der Waals surface area contributed by atoms with Gasteiger partial charge in [0, 0.05) is 25.4 Å². The molecule has 0 fully saturated rings. The molecule has 0 saturated carbocycles. The van der Waals surface area contributed by atoms with Gasteiger partial charge in [-0.2, -0.15) is 5.10 Å². The van der Waals surface area contributed by atoms with E-state index >= 15 is 0 Å². The molecule has 1 aromatic rings. The fourth-order valence-electron chi connectivity index (χ4n) is 3.67. The molecule has 3 heterocycles. The Morgan fingerprint density at radius 2 is 1.80 bits per heavy atom. The molecule has 138 valence electrons. The second-order valence-corrected chi connectivity index (χ2v) is 9.30. The van der Waals surface area contributed by atoms with Crippen LogP contribution in [0.4, 0.5) is 0 Å². The summed E-state index contributed by atoms with van der Waals surface area (Å²) in [7, 11) is -1.67. The summed E-state index contributed by atoms with van der Waals surface area (Å²) in [6, 6.07) is 0. The van der Waals surface area contributed by atoms with Crippen LogP contribution in [-0.2, 0) is 16.9 Å². The summed E-state index contributed by atoms with van der Waals surface area (Å²) >= 11 is 0. The second-order valence-electron chi connectivity index (χ2n) is 7.37. The van der Waals surface area contributed by atoms with Gasteiger partial charge in [0.15, 0.2) is 14.9 Å². The predicted molar refractivity (Wildman–Crippen MR) is 102 cm³/mol. The molecule has 1 aromatic heterocycles. The molecule has 6 nitrogen and oxygen atoms in total. The zero-order valence-corrected chi connectivity index (χ0v) is 16.1. The minimum atomic E-state index is -3.34. The molecule has 0 amide bonds. The maximum absolute atomic E-state index is 12.1. The average Bonchev–Trinajstić information content (AvgIpc) is 2.86. The van der Waals surface area contributed by atoms with Gasteiger partial charge in [-0.05, 0) is 45.8 Å². The number of fused-ring (bicyclic) bond motifs is 1. The van der Waals surface area contributed by atoms with Crippen molar-refractivity contribution in [3.8, 4) is 0 Å². The van der Waals surface area contributed by atoms with E-state index in [1.807, 2.05) is 13.8 Å². The van der Waals surface area contributed by atoms with Crippen molar-refractivity contribution in [1.29, 1.82) is 0 Å². The van der Waals surface area contributed by atoms with Crippen molar-refractivity contribution in [2.75, 3.05) is 12.8 Å². The summed E-state index contributed by atoms with van der Waals surface area (Å²) < 4.78 is 25.7. The van der Waals surface area contributed by atoms with E-state index in [2.05, 4.69) is 36.8 Å². The van der Waals surface area contributed by atoms with Crippen LogP contribution in [0.25, 0.3) is 5.70 Å². The van der Waals surface area contributed by atoms with Gasteiger partial charge >= 0.3 is 0 Å². The largest absolute Gasteiger partial charge is 0.322 e. The van der Waals surface area contributed by atoms with E-state index in [0.717, 1.165) is 29.2 Å². The Balaban J connectivity index is 0.00000225. The van der Waals surface area contributed by atoms with Crippen LogP contribution in [0.15, 0.2) is 27.2 Å². The summed E-state index contributed by atoms with van der Waals surface area (Å²) in [4.78, 5) is 7.00. The predicted octanol–water partition coefficient (Wildman–Crippen LogP) is 2.95. The van der Waals surface area contributed by atoms with Crippen LogP contribution in [0.1, 0.15) is 46.4 Å². The first kappa shape index (κ1) is 19.4. The van der Waals surface area contributed by atoms with Crippen molar-refractivity contribution in [2.24, 2.45) is 12.0 Å². The van der Waals surface area contributed by atoms with Gasteiger partial charge in [0.1, 0.15) is 11.5 Å². The van der Waals surface area contributed by atoms with Gasteiger partial charge < -0.3 is 4.90 Å². The number of hydrogen-bond acceptors (Lipinski definition) is 5. The smallest absolute Gasteiger partial charge is 0.192 e. The molecule has 0 spiro atoms. The first-order valence-electron chi connectivity index (χ1n) is 7.93. The normalized spacial score (nSPS) is 19.4. The van der Waals surface area contributed by atoms with Gasteiger partial charge in [0.25, 0.3) is 0 Å². The molecule has 0 bridgehead atoms. The maximum atomic E-state index is 12.1. The molecule has 3 rings (SSSR count). The highest BCUT2D eigenvalue weighted by molar-refractivity contribution is 7.90. The van der Waals surface area contributed by atoms with E-state index in [4.69, 9.17) is 4.99 Å². The van der Waals surface area contributed by atoms with Crippen LogP contribution in [0.2, 0.25) is 0 Å². The standard InChI is InChI=1S/C17H24N4O2S.CH4/c1-10-8-11(2)15-18-17(4,5)9-21(15)14(10)13-12(3)16(20(6)19-13)24(7,22)23;/h8H,9H2,1-7H3;1H4. The van der Waals surface area contributed by atoms with Crippen LogP contribution in [0, 0.1) is 6.92 Å². The first-order valence-corrected chi connectivity index (χ1v) is 9.82. The third-order valence-electron chi connectivity index (χ3n) is 4.43. The van der Waals surface area contributed by atoms with Crippen LogP contribution in [0.5, 0.6) is 0 Å². The molecule has 0 radical (unpaired) electrons. The number of amidine groups is 1. The van der Waals surface area contributed by atoms with E-state index in [1.54, 1.807) is 7.05 Å². The van der Waals surface area contributed by atoms with Crippen molar-refractivity contribution < 1.29 is 8.42 Å². The molecule has 2 aliphatic rings. The Labute approximate surface area is 150 Å². The van der Waals surface area contributed by atoms with E-state index in [0.29, 0.717) is 11.3 Å². The highest BCUT2D eigenvalue weighted by Crippen LogP contribution is 2.38. The van der Waals surface area contributed by atoms with Gasteiger partial charge in [0.05, 0.1) is 11.2 Å². The molecule has 0 aromatic carbocycles. The minimum Gasteiger partial charge on any atom is -0.322 e. The molecular formula is C18H28N4O2S. The molecule has 0 unspecified atom stereocenters. The molecule has 2 aliphatic heterocycles. The molecule has 0 saturated heterocycles. The van der Waals surface area contributed by atoms with Gasteiger partial charge in [0.2, 0.25) is 0 Å². The van der Waals surface area contributed by atoms with Crippen molar-refractivity contribution in [2.45, 2.75) is 52.6 Å². The monoisotopic (exact) mass is 364 g/mol.